The number of aryl methyl sites for hydroxylation is 3. The highest BCUT2D eigenvalue weighted by molar-refractivity contribution is 6.13. The molecule has 0 spiro atoms. The third-order valence-corrected chi connectivity index (χ3v) is 8.67. The zero-order valence-electron chi connectivity index (χ0n) is 24.5. The Morgan fingerprint density at radius 2 is 1.62 bits per heavy atom. The van der Waals surface area contributed by atoms with Crippen molar-refractivity contribution in [3.05, 3.63) is 125 Å². The van der Waals surface area contributed by atoms with E-state index in [0.29, 0.717) is 5.92 Å². The number of nitrogens with zero attached hydrogens (tertiary/aromatic N) is 1. The maximum absolute atomic E-state index is 14.5. The highest BCUT2D eigenvalue weighted by atomic mass is 19.1. The van der Waals surface area contributed by atoms with Crippen LogP contribution in [0.5, 0.6) is 11.5 Å². The Kier molecular flexibility index (Phi) is 8.05. The summed E-state index contributed by atoms with van der Waals surface area (Å²) in [4.78, 5) is 4.01. The van der Waals surface area contributed by atoms with Crippen molar-refractivity contribution in [2.24, 2.45) is 0 Å². The number of hydrogen-bond acceptors (Lipinski definition) is 3. The maximum Gasteiger partial charge on any atom is 0.131 e. The number of rotatable bonds is 5. The first-order valence-corrected chi connectivity index (χ1v) is 14.7. The lowest BCUT2D eigenvalue weighted by molar-refractivity contribution is 0.405. The summed E-state index contributed by atoms with van der Waals surface area (Å²) in [5.74, 6) is 2.08. The quantitative estimate of drug-likeness (QED) is 0.198. The van der Waals surface area contributed by atoms with Crippen LogP contribution in [0.2, 0.25) is 0 Å². The van der Waals surface area contributed by atoms with Gasteiger partial charge in [-0.3, -0.25) is 4.98 Å². The van der Waals surface area contributed by atoms with Crippen molar-refractivity contribution in [3.8, 4) is 11.5 Å². The molecule has 0 aliphatic heterocycles. The van der Waals surface area contributed by atoms with Gasteiger partial charge in [0.25, 0.3) is 0 Å². The topological polar surface area (TPSA) is 31.4 Å². The molecule has 3 nitrogen and oxygen atoms in total. The maximum atomic E-state index is 14.5. The summed E-state index contributed by atoms with van der Waals surface area (Å²) in [6.45, 7) is 1.84. The number of benzene rings is 5. The van der Waals surface area contributed by atoms with Crippen molar-refractivity contribution < 1.29 is 13.9 Å². The predicted octanol–water partition coefficient (Wildman–Crippen LogP) is 9.75. The summed E-state index contributed by atoms with van der Waals surface area (Å²) in [7, 11) is 3.43. The van der Waals surface area contributed by atoms with Gasteiger partial charge in [-0.25, -0.2) is 4.39 Å². The molecule has 0 amide bonds. The van der Waals surface area contributed by atoms with Crippen LogP contribution in [0.15, 0.2) is 97.3 Å². The summed E-state index contributed by atoms with van der Waals surface area (Å²) in [6, 6.07) is 28.8. The van der Waals surface area contributed by atoms with E-state index >= 15 is 0 Å². The number of hydrogen-bond donors (Lipinski definition) is 0. The van der Waals surface area contributed by atoms with Crippen LogP contribution in [0.25, 0.3) is 32.3 Å². The zero-order chi connectivity index (χ0) is 29.1. The van der Waals surface area contributed by atoms with Crippen LogP contribution in [0.4, 0.5) is 4.39 Å². The van der Waals surface area contributed by atoms with Crippen molar-refractivity contribution in [1.82, 2.24) is 4.98 Å². The second kappa shape index (κ2) is 12.2. The number of fused-ring (bicyclic) bond motifs is 6. The van der Waals surface area contributed by atoms with Crippen LogP contribution < -0.4 is 9.47 Å². The lowest BCUT2D eigenvalue weighted by Crippen LogP contribution is -2.12. The fourth-order valence-corrected chi connectivity index (χ4v) is 6.53. The molecule has 6 aromatic rings. The zero-order valence-corrected chi connectivity index (χ0v) is 24.5. The van der Waals surface area contributed by atoms with Crippen LogP contribution in [-0.2, 0) is 12.8 Å². The Labute approximate surface area is 246 Å². The van der Waals surface area contributed by atoms with E-state index in [2.05, 4.69) is 41.4 Å². The van der Waals surface area contributed by atoms with Gasteiger partial charge in [-0.2, -0.15) is 0 Å². The molecule has 1 aromatic heterocycles. The van der Waals surface area contributed by atoms with Crippen LogP contribution in [0, 0.1) is 12.7 Å². The van der Waals surface area contributed by atoms with E-state index in [1.165, 1.54) is 32.7 Å². The monoisotopic (exact) mass is 557 g/mol. The van der Waals surface area contributed by atoms with E-state index in [1.54, 1.807) is 14.2 Å². The van der Waals surface area contributed by atoms with Gasteiger partial charge in [-0.15, -0.1) is 0 Å². The van der Waals surface area contributed by atoms with E-state index in [4.69, 9.17) is 9.47 Å². The van der Waals surface area contributed by atoms with Gasteiger partial charge in [-0.1, -0.05) is 66.7 Å². The second-order valence-electron chi connectivity index (χ2n) is 11.1. The van der Waals surface area contributed by atoms with Crippen molar-refractivity contribution in [1.29, 1.82) is 0 Å². The lowest BCUT2D eigenvalue weighted by atomic mass is 9.77. The smallest absolute Gasteiger partial charge is 0.131 e. The molecule has 0 N–H and O–H groups in total. The molecule has 1 heterocycles. The first kappa shape index (κ1) is 27.7. The van der Waals surface area contributed by atoms with Crippen LogP contribution in [-0.4, -0.2) is 19.2 Å². The first-order valence-electron chi connectivity index (χ1n) is 14.7. The molecule has 0 saturated carbocycles. The molecule has 1 aliphatic carbocycles. The highest BCUT2D eigenvalue weighted by Crippen LogP contribution is 2.44. The van der Waals surface area contributed by atoms with Crippen LogP contribution in [0.3, 0.4) is 0 Å². The van der Waals surface area contributed by atoms with E-state index in [9.17, 15) is 4.39 Å². The van der Waals surface area contributed by atoms with Gasteiger partial charge in [0.2, 0.25) is 0 Å². The first-order chi connectivity index (χ1) is 20.6. The molecule has 0 radical (unpaired) electrons. The molecule has 0 saturated heterocycles. The molecule has 4 heteroatoms. The normalized spacial score (nSPS) is 14.3. The Balaban J connectivity index is 0.000000265. The minimum absolute atomic E-state index is 0.0489. The summed E-state index contributed by atoms with van der Waals surface area (Å²) in [5, 5.41) is 7.13. The lowest BCUT2D eigenvalue weighted by Gasteiger charge is -2.28. The van der Waals surface area contributed by atoms with Crippen molar-refractivity contribution in [2.75, 3.05) is 14.2 Å². The molecule has 0 bridgehead atoms. The van der Waals surface area contributed by atoms with Gasteiger partial charge >= 0.3 is 0 Å². The summed E-state index contributed by atoms with van der Waals surface area (Å²) < 4.78 is 26.0. The van der Waals surface area contributed by atoms with Crippen molar-refractivity contribution in [3.63, 3.8) is 0 Å². The van der Waals surface area contributed by atoms with Gasteiger partial charge in [0.15, 0.2) is 0 Å². The molecule has 1 aliphatic rings. The summed E-state index contributed by atoms with van der Waals surface area (Å²) in [6.07, 6.45) is 8.81. The molecular formula is C38H36FNO2. The largest absolute Gasteiger partial charge is 0.496 e. The van der Waals surface area contributed by atoms with Crippen molar-refractivity contribution >= 4 is 32.3 Å². The molecule has 0 unspecified atom stereocenters. The third kappa shape index (κ3) is 5.30. The molecule has 0 fully saturated rings. The minimum atomic E-state index is -0.0489. The number of methoxy groups -OCH3 is 2. The van der Waals surface area contributed by atoms with Gasteiger partial charge in [0.1, 0.15) is 17.3 Å². The SMILES string of the molecule is COc1cccc2c1c(OC)cc1c3c(ccc12)[C@H](CCc1cccc(C)c1F)CCC3.c1ccc2cnccc2c1. The highest BCUT2D eigenvalue weighted by Gasteiger charge is 2.24. The molecule has 212 valence electrons. The predicted molar refractivity (Wildman–Crippen MR) is 171 cm³/mol. The number of ether oxygens (including phenoxy) is 2. The van der Waals surface area contributed by atoms with Crippen molar-refractivity contribution in [2.45, 2.75) is 44.9 Å². The fraction of sp³-hybridized carbons (Fsp3) is 0.237. The second-order valence-corrected chi connectivity index (χ2v) is 11.1. The Morgan fingerprint density at radius 1 is 0.810 bits per heavy atom. The molecule has 5 aromatic carbocycles. The summed E-state index contributed by atoms with van der Waals surface area (Å²) in [5.41, 5.74) is 4.40. The van der Waals surface area contributed by atoms with E-state index in [0.717, 1.165) is 65.5 Å². The third-order valence-electron chi connectivity index (χ3n) is 8.67. The Bertz CT molecular complexity index is 1810. The number of pyridine rings is 1. The minimum Gasteiger partial charge on any atom is -0.496 e. The van der Waals surface area contributed by atoms with Gasteiger partial charge in [0.05, 0.1) is 19.6 Å². The molecule has 7 rings (SSSR count). The average Bonchev–Trinajstić information content (AvgIpc) is 3.04. The van der Waals surface area contributed by atoms with Gasteiger partial charge in [-0.05, 0) is 112 Å². The molecule has 1 atom stereocenters. The van der Waals surface area contributed by atoms with E-state index in [1.807, 2.05) is 67.8 Å². The molecular weight excluding hydrogens is 521 g/mol. The van der Waals surface area contributed by atoms with Crippen LogP contribution in [0.1, 0.15) is 47.4 Å². The average molecular weight is 558 g/mol. The van der Waals surface area contributed by atoms with E-state index < -0.39 is 0 Å². The number of halogens is 1. The summed E-state index contributed by atoms with van der Waals surface area (Å²) >= 11 is 0. The van der Waals surface area contributed by atoms with E-state index in [-0.39, 0.29) is 5.82 Å². The Morgan fingerprint density at radius 3 is 2.43 bits per heavy atom. The van der Waals surface area contributed by atoms with Crippen LogP contribution >= 0.6 is 0 Å². The fourth-order valence-electron chi connectivity index (χ4n) is 6.53. The molecule has 42 heavy (non-hydrogen) atoms. The standard InChI is InChI=1S/C29H29FO2.C9H7N/c1-18-7-4-9-20(29(18)30)14-13-19-8-5-10-22-21(19)15-16-23-24-11-6-12-26(31-2)28(24)27(32-3)17-25(22)23;1-2-4-9-7-10-6-5-8(9)3-1/h4,6-7,9,11-12,15-17,19H,5,8,10,13-14H2,1-3H3;1-7H/t19-;/m0./s1. The van der Waals surface area contributed by atoms with Gasteiger partial charge < -0.3 is 9.47 Å². The van der Waals surface area contributed by atoms with Gasteiger partial charge in [0, 0.05) is 12.4 Å². The number of aromatic nitrogens is 1. The Hall–Kier alpha value is -4.44.